The molecule has 0 bridgehead atoms. The zero-order valence-electron chi connectivity index (χ0n) is 12.6. The number of nitrogens with zero attached hydrogens (tertiary/aromatic N) is 1. The van der Waals surface area contributed by atoms with Gasteiger partial charge in [-0.3, -0.25) is 4.79 Å². The van der Waals surface area contributed by atoms with Gasteiger partial charge in [0.1, 0.15) is 0 Å². The van der Waals surface area contributed by atoms with Crippen LogP contribution in [0.15, 0.2) is 30.5 Å². The molecule has 0 fully saturated rings. The maximum absolute atomic E-state index is 11.2. The zero-order chi connectivity index (χ0) is 14.7. The lowest BCUT2D eigenvalue weighted by molar-refractivity contribution is -0.117. The number of carbonyl (C=O) groups excluding carboxylic acids is 1. The van der Waals surface area contributed by atoms with Gasteiger partial charge >= 0.3 is 0 Å². The van der Waals surface area contributed by atoms with Crippen LogP contribution in [0.2, 0.25) is 0 Å². The number of benzene rings is 1. The average Bonchev–Trinajstić information content (AvgIpc) is 2.74. The lowest BCUT2D eigenvalue weighted by Crippen LogP contribution is -2.13. The van der Waals surface area contributed by atoms with Crippen molar-refractivity contribution < 1.29 is 4.79 Å². The zero-order valence-corrected chi connectivity index (χ0v) is 12.6. The number of carbonyl (C=O) groups is 1. The Balaban J connectivity index is 2.35. The highest BCUT2D eigenvalue weighted by Crippen LogP contribution is 2.27. The summed E-state index contributed by atoms with van der Waals surface area (Å²) in [6, 6.07) is 8.67. The highest BCUT2D eigenvalue weighted by molar-refractivity contribution is 5.88. The van der Waals surface area contributed by atoms with Crippen molar-refractivity contribution in [2.45, 2.75) is 46.1 Å². The molecule has 0 saturated carbocycles. The monoisotopic (exact) mass is 272 g/mol. The van der Waals surface area contributed by atoms with Crippen LogP contribution in [0.4, 0.5) is 0 Å². The lowest BCUT2D eigenvalue weighted by atomic mass is 10.0. The van der Waals surface area contributed by atoms with Crippen LogP contribution in [-0.4, -0.2) is 10.5 Å². The Morgan fingerprint density at radius 2 is 1.90 bits per heavy atom. The average molecular weight is 272 g/mol. The van der Waals surface area contributed by atoms with Crippen LogP contribution in [0.25, 0.3) is 10.9 Å². The molecule has 1 unspecified atom stereocenters. The fourth-order valence-corrected chi connectivity index (χ4v) is 2.68. The van der Waals surface area contributed by atoms with Gasteiger partial charge in [-0.15, -0.1) is 0 Å². The van der Waals surface area contributed by atoms with E-state index in [1.807, 2.05) is 12.1 Å². The summed E-state index contributed by atoms with van der Waals surface area (Å²) < 4.78 is 2.29. The lowest BCUT2D eigenvalue weighted by Gasteiger charge is -2.16. The van der Waals surface area contributed by atoms with E-state index in [1.54, 1.807) is 0 Å². The minimum Gasteiger partial charge on any atom is -0.369 e. The molecule has 0 aliphatic heterocycles. The van der Waals surface area contributed by atoms with Crippen LogP contribution in [0.3, 0.4) is 0 Å². The Labute approximate surface area is 120 Å². The minimum atomic E-state index is -0.275. The molecule has 1 amide bonds. The maximum Gasteiger partial charge on any atom is 0.221 e. The molecule has 0 radical (unpaired) electrons. The smallest absolute Gasteiger partial charge is 0.221 e. The first-order chi connectivity index (χ1) is 9.49. The van der Waals surface area contributed by atoms with E-state index in [1.165, 1.54) is 11.9 Å². The number of rotatable bonds is 6. The first kappa shape index (κ1) is 14.6. The van der Waals surface area contributed by atoms with Gasteiger partial charge < -0.3 is 10.3 Å². The Morgan fingerprint density at radius 3 is 2.55 bits per heavy atom. The van der Waals surface area contributed by atoms with Crippen LogP contribution in [0, 0.1) is 5.92 Å². The number of fused-ring (bicyclic) bond motifs is 1. The van der Waals surface area contributed by atoms with E-state index in [4.69, 9.17) is 5.73 Å². The predicted molar refractivity (Wildman–Crippen MR) is 83.6 cm³/mol. The fourth-order valence-electron chi connectivity index (χ4n) is 2.68. The first-order valence-corrected chi connectivity index (χ1v) is 7.35. The summed E-state index contributed by atoms with van der Waals surface area (Å²) >= 11 is 0. The number of amides is 1. The molecule has 3 heteroatoms. The van der Waals surface area contributed by atoms with Crippen LogP contribution in [-0.2, 0) is 11.2 Å². The molecule has 0 spiro atoms. The summed E-state index contributed by atoms with van der Waals surface area (Å²) in [7, 11) is 0. The number of hydrogen-bond donors (Lipinski definition) is 1. The van der Waals surface area contributed by atoms with Crippen molar-refractivity contribution in [2.75, 3.05) is 0 Å². The quantitative estimate of drug-likeness (QED) is 0.857. The molecule has 0 saturated heterocycles. The molecule has 1 heterocycles. The summed E-state index contributed by atoms with van der Waals surface area (Å²) in [6.07, 6.45) is 4.76. The Hall–Kier alpha value is -1.77. The predicted octanol–water partition coefficient (Wildman–Crippen LogP) is 3.67. The molecule has 0 aliphatic carbocycles. The molecule has 1 aromatic heterocycles. The standard InChI is InChI=1S/C17H24N2O/c1-12(2)8-9-13(3)19-11-14(10-17(18)20)15-6-4-5-7-16(15)19/h4-7,11-13H,8-10H2,1-3H3,(H2,18,20). The number of hydrogen-bond acceptors (Lipinski definition) is 1. The second-order valence-corrected chi connectivity index (χ2v) is 6.04. The van der Waals surface area contributed by atoms with Gasteiger partial charge in [-0.05, 0) is 37.3 Å². The molecule has 1 atom stereocenters. The number of para-hydroxylation sites is 1. The molecule has 2 aromatic rings. The van der Waals surface area contributed by atoms with Crippen molar-refractivity contribution in [3.05, 3.63) is 36.0 Å². The number of aromatic nitrogens is 1. The summed E-state index contributed by atoms with van der Waals surface area (Å²) in [5.41, 5.74) is 7.58. The van der Waals surface area contributed by atoms with Gasteiger partial charge in [-0.1, -0.05) is 32.0 Å². The summed E-state index contributed by atoms with van der Waals surface area (Å²) in [5, 5.41) is 1.14. The van der Waals surface area contributed by atoms with Crippen molar-refractivity contribution in [2.24, 2.45) is 11.7 Å². The number of primary amides is 1. The van der Waals surface area contributed by atoms with Gasteiger partial charge in [0.2, 0.25) is 5.91 Å². The van der Waals surface area contributed by atoms with Crippen LogP contribution >= 0.6 is 0 Å². The SMILES string of the molecule is CC(C)CCC(C)n1cc(CC(N)=O)c2ccccc21. The van der Waals surface area contributed by atoms with Gasteiger partial charge in [0, 0.05) is 23.1 Å². The van der Waals surface area contributed by atoms with Gasteiger partial charge in [0.15, 0.2) is 0 Å². The van der Waals surface area contributed by atoms with Crippen molar-refractivity contribution >= 4 is 16.8 Å². The molecular formula is C17H24N2O. The molecule has 1 aromatic carbocycles. The molecule has 108 valence electrons. The van der Waals surface area contributed by atoms with E-state index in [9.17, 15) is 4.79 Å². The van der Waals surface area contributed by atoms with E-state index >= 15 is 0 Å². The topological polar surface area (TPSA) is 48.0 Å². The Morgan fingerprint density at radius 1 is 1.20 bits per heavy atom. The van der Waals surface area contributed by atoms with E-state index in [2.05, 4.69) is 43.7 Å². The highest BCUT2D eigenvalue weighted by Gasteiger charge is 2.14. The largest absolute Gasteiger partial charge is 0.369 e. The van der Waals surface area contributed by atoms with Crippen molar-refractivity contribution in [3.63, 3.8) is 0 Å². The molecule has 2 N–H and O–H groups in total. The van der Waals surface area contributed by atoms with E-state index < -0.39 is 0 Å². The Bertz CT molecular complexity index is 598. The normalized spacial score (nSPS) is 13.0. The van der Waals surface area contributed by atoms with Crippen LogP contribution in [0.1, 0.15) is 45.2 Å². The summed E-state index contributed by atoms with van der Waals surface area (Å²) in [5.74, 6) is 0.437. The van der Waals surface area contributed by atoms with E-state index in [0.29, 0.717) is 18.4 Å². The third kappa shape index (κ3) is 3.21. The van der Waals surface area contributed by atoms with Crippen LogP contribution in [0.5, 0.6) is 0 Å². The molecule has 20 heavy (non-hydrogen) atoms. The maximum atomic E-state index is 11.2. The van der Waals surface area contributed by atoms with Gasteiger partial charge in [0.25, 0.3) is 0 Å². The molecular weight excluding hydrogens is 248 g/mol. The van der Waals surface area contributed by atoms with E-state index in [-0.39, 0.29) is 5.91 Å². The highest BCUT2D eigenvalue weighted by atomic mass is 16.1. The van der Waals surface area contributed by atoms with Crippen LogP contribution < -0.4 is 5.73 Å². The van der Waals surface area contributed by atoms with Gasteiger partial charge in [-0.25, -0.2) is 0 Å². The fraction of sp³-hybridized carbons (Fsp3) is 0.471. The first-order valence-electron chi connectivity index (χ1n) is 7.35. The molecule has 0 aliphatic rings. The minimum absolute atomic E-state index is 0.275. The third-order valence-corrected chi connectivity index (χ3v) is 3.82. The second-order valence-electron chi connectivity index (χ2n) is 6.04. The van der Waals surface area contributed by atoms with Crippen molar-refractivity contribution in [3.8, 4) is 0 Å². The van der Waals surface area contributed by atoms with Crippen molar-refractivity contribution in [1.29, 1.82) is 0 Å². The third-order valence-electron chi connectivity index (χ3n) is 3.82. The van der Waals surface area contributed by atoms with Gasteiger partial charge in [-0.2, -0.15) is 0 Å². The van der Waals surface area contributed by atoms with E-state index in [0.717, 1.165) is 17.4 Å². The molecule has 3 nitrogen and oxygen atoms in total. The van der Waals surface area contributed by atoms with Gasteiger partial charge in [0.05, 0.1) is 6.42 Å². The number of nitrogens with two attached hydrogens (primary N) is 1. The van der Waals surface area contributed by atoms with Crippen molar-refractivity contribution in [1.82, 2.24) is 4.57 Å². The Kier molecular flexibility index (Phi) is 4.48. The molecule has 2 rings (SSSR count). The second kappa shape index (κ2) is 6.12. The summed E-state index contributed by atoms with van der Waals surface area (Å²) in [6.45, 7) is 6.74. The summed E-state index contributed by atoms with van der Waals surface area (Å²) in [4.78, 5) is 11.2.